The van der Waals surface area contributed by atoms with E-state index in [1.807, 2.05) is 0 Å². The Morgan fingerprint density at radius 1 is 1.21 bits per heavy atom. The van der Waals surface area contributed by atoms with Crippen molar-refractivity contribution in [2.75, 3.05) is 26.2 Å². The van der Waals surface area contributed by atoms with Gasteiger partial charge >= 0.3 is 6.18 Å². The molecule has 1 aliphatic rings. The van der Waals surface area contributed by atoms with Crippen molar-refractivity contribution < 1.29 is 26.4 Å². The Labute approximate surface area is 138 Å². The monoisotopic (exact) mass is 365 g/mol. The van der Waals surface area contributed by atoms with Gasteiger partial charge in [-0.25, -0.2) is 8.42 Å². The van der Waals surface area contributed by atoms with Gasteiger partial charge in [-0.3, -0.25) is 4.79 Å². The van der Waals surface area contributed by atoms with Gasteiger partial charge in [0.15, 0.2) is 0 Å². The molecule has 1 aromatic rings. The molecule has 1 aromatic carbocycles. The SMILES string of the molecule is C[C@@H](N)C(=O)N1CCN(S(=O)(=O)c2cccc(C(F)(F)F)c2)CC1. The van der Waals surface area contributed by atoms with E-state index in [2.05, 4.69) is 0 Å². The van der Waals surface area contributed by atoms with Crippen molar-refractivity contribution >= 4 is 15.9 Å². The lowest BCUT2D eigenvalue weighted by atomic mass is 10.2. The average Bonchev–Trinajstić information content (AvgIpc) is 2.53. The molecule has 0 unspecified atom stereocenters. The molecule has 0 aliphatic carbocycles. The van der Waals surface area contributed by atoms with Gasteiger partial charge in [0.05, 0.1) is 16.5 Å². The van der Waals surface area contributed by atoms with E-state index in [4.69, 9.17) is 5.73 Å². The summed E-state index contributed by atoms with van der Waals surface area (Å²) in [6.45, 7) is 1.86. The predicted octanol–water partition coefficient (Wildman–Crippen LogP) is 0.886. The number of benzene rings is 1. The summed E-state index contributed by atoms with van der Waals surface area (Å²) >= 11 is 0. The molecule has 2 N–H and O–H groups in total. The molecule has 2 rings (SSSR count). The molecule has 0 aromatic heterocycles. The molecule has 0 radical (unpaired) electrons. The van der Waals surface area contributed by atoms with Crippen LogP contribution < -0.4 is 5.73 Å². The maximum atomic E-state index is 12.7. The first-order valence-electron chi connectivity index (χ1n) is 7.25. The molecular weight excluding hydrogens is 347 g/mol. The number of sulfonamides is 1. The van der Waals surface area contributed by atoms with Gasteiger partial charge in [0.2, 0.25) is 15.9 Å². The standard InChI is InChI=1S/C14H18F3N3O3S/c1-10(18)13(21)19-5-7-20(8-6-19)24(22,23)12-4-2-3-11(9-12)14(15,16)17/h2-4,9-10H,5-8,18H2,1H3/t10-/m1/s1. The second-order valence-electron chi connectivity index (χ2n) is 5.54. The third-order valence-electron chi connectivity index (χ3n) is 3.74. The van der Waals surface area contributed by atoms with Crippen molar-refractivity contribution in [2.45, 2.75) is 24.0 Å². The fourth-order valence-electron chi connectivity index (χ4n) is 2.42. The molecule has 1 fully saturated rings. The number of carbonyl (C=O) groups excluding carboxylic acids is 1. The first-order chi connectivity index (χ1) is 11.0. The van der Waals surface area contributed by atoms with E-state index in [1.54, 1.807) is 0 Å². The number of rotatable bonds is 3. The summed E-state index contributed by atoms with van der Waals surface area (Å²) in [4.78, 5) is 12.8. The van der Waals surface area contributed by atoms with E-state index in [0.29, 0.717) is 6.07 Å². The summed E-state index contributed by atoms with van der Waals surface area (Å²) in [7, 11) is -4.05. The van der Waals surface area contributed by atoms with E-state index in [9.17, 15) is 26.4 Å². The minimum atomic E-state index is -4.62. The van der Waals surface area contributed by atoms with Gasteiger partial charge in [-0.2, -0.15) is 17.5 Å². The van der Waals surface area contributed by atoms with Crippen LogP contribution in [-0.4, -0.2) is 55.8 Å². The quantitative estimate of drug-likeness (QED) is 0.862. The van der Waals surface area contributed by atoms with Crippen LogP contribution in [0.4, 0.5) is 13.2 Å². The smallest absolute Gasteiger partial charge is 0.339 e. The number of hydrogen-bond acceptors (Lipinski definition) is 4. The van der Waals surface area contributed by atoms with Crippen molar-refractivity contribution in [1.82, 2.24) is 9.21 Å². The Hall–Kier alpha value is -1.65. The van der Waals surface area contributed by atoms with Crippen LogP contribution in [0.3, 0.4) is 0 Å². The van der Waals surface area contributed by atoms with Crippen LogP contribution in [0.15, 0.2) is 29.2 Å². The molecular formula is C14H18F3N3O3S. The lowest BCUT2D eigenvalue weighted by Gasteiger charge is -2.34. The van der Waals surface area contributed by atoms with E-state index >= 15 is 0 Å². The number of alkyl halides is 3. The Morgan fingerprint density at radius 3 is 2.29 bits per heavy atom. The molecule has 0 spiro atoms. The number of halogens is 3. The van der Waals surface area contributed by atoms with Crippen molar-refractivity contribution in [3.8, 4) is 0 Å². The molecule has 24 heavy (non-hydrogen) atoms. The molecule has 6 nitrogen and oxygen atoms in total. The molecule has 0 saturated carbocycles. The Bertz CT molecular complexity index is 711. The molecule has 1 amide bonds. The maximum Gasteiger partial charge on any atom is 0.416 e. The maximum absolute atomic E-state index is 12.7. The van der Waals surface area contributed by atoms with Crippen LogP contribution in [0.5, 0.6) is 0 Å². The number of amides is 1. The van der Waals surface area contributed by atoms with Crippen LogP contribution in [0.2, 0.25) is 0 Å². The Morgan fingerprint density at radius 2 is 1.79 bits per heavy atom. The topological polar surface area (TPSA) is 83.7 Å². The van der Waals surface area contributed by atoms with E-state index in [0.717, 1.165) is 22.5 Å². The van der Waals surface area contributed by atoms with Crippen LogP contribution in [0.1, 0.15) is 12.5 Å². The van der Waals surface area contributed by atoms with Crippen molar-refractivity contribution in [3.05, 3.63) is 29.8 Å². The van der Waals surface area contributed by atoms with E-state index < -0.39 is 32.7 Å². The molecule has 10 heteroatoms. The molecule has 1 aliphatic heterocycles. The highest BCUT2D eigenvalue weighted by atomic mass is 32.2. The molecule has 1 heterocycles. The van der Waals surface area contributed by atoms with Gasteiger partial charge in [-0.1, -0.05) is 6.07 Å². The Balaban J connectivity index is 2.17. The van der Waals surface area contributed by atoms with Gasteiger partial charge in [0, 0.05) is 26.2 Å². The highest BCUT2D eigenvalue weighted by Crippen LogP contribution is 2.31. The van der Waals surface area contributed by atoms with E-state index in [-0.39, 0.29) is 32.1 Å². The predicted molar refractivity (Wildman–Crippen MR) is 80.4 cm³/mol. The van der Waals surface area contributed by atoms with Crippen molar-refractivity contribution in [2.24, 2.45) is 5.73 Å². The first-order valence-corrected chi connectivity index (χ1v) is 8.69. The summed E-state index contributed by atoms with van der Waals surface area (Å²) < 4.78 is 64.3. The third-order valence-corrected chi connectivity index (χ3v) is 5.63. The summed E-state index contributed by atoms with van der Waals surface area (Å²) in [5.41, 5.74) is 4.49. The average molecular weight is 365 g/mol. The van der Waals surface area contributed by atoms with Crippen molar-refractivity contribution in [3.63, 3.8) is 0 Å². The van der Waals surface area contributed by atoms with Crippen LogP contribution in [0, 0.1) is 0 Å². The highest BCUT2D eigenvalue weighted by Gasteiger charge is 2.34. The van der Waals surface area contributed by atoms with Gasteiger partial charge in [0.1, 0.15) is 0 Å². The van der Waals surface area contributed by atoms with Crippen molar-refractivity contribution in [1.29, 1.82) is 0 Å². The number of piperazine rings is 1. The summed E-state index contributed by atoms with van der Waals surface area (Å²) in [6.07, 6.45) is -4.62. The van der Waals surface area contributed by atoms with Gasteiger partial charge < -0.3 is 10.6 Å². The summed E-state index contributed by atoms with van der Waals surface area (Å²) in [5, 5.41) is 0. The second-order valence-corrected chi connectivity index (χ2v) is 7.48. The van der Waals surface area contributed by atoms with E-state index in [1.165, 1.54) is 11.8 Å². The number of carbonyl (C=O) groups is 1. The summed E-state index contributed by atoms with van der Waals surface area (Å²) in [5.74, 6) is -0.286. The zero-order valence-electron chi connectivity index (χ0n) is 13.0. The van der Waals surface area contributed by atoms with Gasteiger partial charge in [0.25, 0.3) is 0 Å². The second kappa shape index (κ2) is 6.69. The number of hydrogen-bond donors (Lipinski definition) is 1. The fourth-order valence-corrected chi connectivity index (χ4v) is 3.89. The van der Waals surface area contributed by atoms with Gasteiger partial charge in [-0.15, -0.1) is 0 Å². The molecule has 134 valence electrons. The largest absolute Gasteiger partial charge is 0.416 e. The minimum absolute atomic E-state index is 0.0110. The highest BCUT2D eigenvalue weighted by molar-refractivity contribution is 7.89. The van der Waals surface area contributed by atoms with Gasteiger partial charge in [-0.05, 0) is 25.1 Å². The summed E-state index contributed by atoms with van der Waals surface area (Å²) in [6, 6.07) is 2.94. The van der Waals surface area contributed by atoms with Crippen LogP contribution >= 0.6 is 0 Å². The zero-order valence-corrected chi connectivity index (χ0v) is 13.8. The lowest BCUT2D eigenvalue weighted by Crippen LogP contribution is -2.53. The van der Waals surface area contributed by atoms with Crippen LogP contribution in [-0.2, 0) is 21.0 Å². The zero-order chi connectivity index (χ0) is 18.1. The number of nitrogens with zero attached hydrogens (tertiary/aromatic N) is 2. The molecule has 1 atom stereocenters. The fraction of sp³-hybridized carbons (Fsp3) is 0.500. The molecule has 0 bridgehead atoms. The third kappa shape index (κ3) is 3.87. The normalized spacial score (nSPS) is 18.5. The number of nitrogens with two attached hydrogens (primary N) is 1. The lowest BCUT2D eigenvalue weighted by molar-refractivity contribution is -0.137. The first kappa shape index (κ1) is 18.7. The molecule has 1 saturated heterocycles. The Kier molecular flexibility index (Phi) is 5.21. The minimum Gasteiger partial charge on any atom is -0.339 e. The van der Waals surface area contributed by atoms with Crippen LogP contribution in [0.25, 0.3) is 0 Å².